The zero-order valence-electron chi connectivity index (χ0n) is 9.52. The standard InChI is InChI=1S/C13H17NO2/c1-10(15)14-8-6-12(7-9-14)11-2-4-13(16)5-3-11/h2-5,12,16H,6-9H2,1H3. The lowest BCUT2D eigenvalue weighted by atomic mass is 9.89. The Morgan fingerprint density at radius 2 is 1.81 bits per heavy atom. The Kier molecular flexibility index (Phi) is 3.13. The number of hydrogen-bond donors (Lipinski definition) is 1. The van der Waals surface area contributed by atoms with Crippen LogP contribution in [0.3, 0.4) is 0 Å². The molecule has 1 fully saturated rings. The van der Waals surface area contributed by atoms with Crippen LogP contribution in [0.25, 0.3) is 0 Å². The first-order valence-corrected chi connectivity index (χ1v) is 5.71. The van der Waals surface area contributed by atoms with Gasteiger partial charge < -0.3 is 10.0 Å². The highest BCUT2D eigenvalue weighted by atomic mass is 16.3. The predicted octanol–water partition coefficient (Wildman–Crippen LogP) is 2.12. The Morgan fingerprint density at radius 3 is 2.31 bits per heavy atom. The van der Waals surface area contributed by atoms with Crippen LogP contribution in [0.15, 0.2) is 24.3 Å². The third-order valence-electron chi connectivity index (χ3n) is 3.30. The van der Waals surface area contributed by atoms with Gasteiger partial charge in [0, 0.05) is 20.0 Å². The van der Waals surface area contributed by atoms with Crippen molar-refractivity contribution < 1.29 is 9.90 Å². The molecule has 0 saturated carbocycles. The topological polar surface area (TPSA) is 40.5 Å². The maximum Gasteiger partial charge on any atom is 0.219 e. The van der Waals surface area contributed by atoms with E-state index in [0.29, 0.717) is 11.7 Å². The Balaban J connectivity index is 1.99. The summed E-state index contributed by atoms with van der Waals surface area (Å²) in [6.07, 6.45) is 2.04. The number of amides is 1. The molecule has 0 aromatic heterocycles. The highest BCUT2D eigenvalue weighted by Gasteiger charge is 2.21. The lowest BCUT2D eigenvalue weighted by Gasteiger charge is -2.31. The average Bonchev–Trinajstić information content (AvgIpc) is 2.30. The number of hydrogen-bond acceptors (Lipinski definition) is 2. The number of rotatable bonds is 1. The van der Waals surface area contributed by atoms with E-state index in [0.717, 1.165) is 25.9 Å². The van der Waals surface area contributed by atoms with E-state index in [1.807, 2.05) is 17.0 Å². The molecule has 0 radical (unpaired) electrons. The molecule has 3 heteroatoms. The van der Waals surface area contributed by atoms with E-state index in [1.165, 1.54) is 5.56 Å². The van der Waals surface area contributed by atoms with E-state index in [1.54, 1.807) is 19.1 Å². The van der Waals surface area contributed by atoms with Crippen molar-refractivity contribution in [1.82, 2.24) is 4.90 Å². The zero-order valence-corrected chi connectivity index (χ0v) is 9.52. The minimum atomic E-state index is 0.171. The third-order valence-corrected chi connectivity index (χ3v) is 3.30. The summed E-state index contributed by atoms with van der Waals surface area (Å²) in [5.74, 6) is 1.00. The van der Waals surface area contributed by atoms with Crippen molar-refractivity contribution in [3.05, 3.63) is 29.8 Å². The molecule has 0 unspecified atom stereocenters. The summed E-state index contributed by atoms with van der Waals surface area (Å²) in [6.45, 7) is 3.32. The van der Waals surface area contributed by atoms with Crippen molar-refractivity contribution in [3.63, 3.8) is 0 Å². The van der Waals surface area contributed by atoms with Crippen LogP contribution in [0.5, 0.6) is 5.75 Å². The second kappa shape index (κ2) is 4.56. The van der Waals surface area contributed by atoms with Gasteiger partial charge in [0.2, 0.25) is 5.91 Å². The summed E-state index contributed by atoms with van der Waals surface area (Å²) < 4.78 is 0. The van der Waals surface area contributed by atoms with E-state index in [9.17, 15) is 9.90 Å². The molecular formula is C13H17NO2. The maximum absolute atomic E-state index is 11.2. The van der Waals surface area contributed by atoms with Crippen LogP contribution in [0.4, 0.5) is 0 Å². The zero-order chi connectivity index (χ0) is 11.5. The van der Waals surface area contributed by atoms with E-state index in [-0.39, 0.29) is 5.91 Å². The number of nitrogens with zero attached hydrogens (tertiary/aromatic N) is 1. The highest BCUT2D eigenvalue weighted by molar-refractivity contribution is 5.73. The van der Waals surface area contributed by atoms with Gasteiger partial charge in [-0.15, -0.1) is 0 Å². The molecular weight excluding hydrogens is 202 g/mol. The van der Waals surface area contributed by atoms with Gasteiger partial charge >= 0.3 is 0 Å². The smallest absolute Gasteiger partial charge is 0.219 e. The lowest BCUT2D eigenvalue weighted by molar-refractivity contribution is -0.129. The highest BCUT2D eigenvalue weighted by Crippen LogP contribution is 2.28. The third kappa shape index (κ3) is 2.35. The monoisotopic (exact) mass is 219 g/mol. The van der Waals surface area contributed by atoms with Crippen molar-refractivity contribution >= 4 is 5.91 Å². The largest absolute Gasteiger partial charge is 0.508 e. The molecule has 1 aromatic carbocycles. The Morgan fingerprint density at radius 1 is 1.25 bits per heavy atom. The van der Waals surface area contributed by atoms with Crippen LogP contribution in [0.1, 0.15) is 31.2 Å². The summed E-state index contributed by atoms with van der Waals surface area (Å²) in [5, 5.41) is 9.22. The Labute approximate surface area is 95.7 Å². The molecule has 0 aliphatic carbocycles. The average molecular weight is 219 g/mol. The molecule has 0 spiro atoms. The van der Waals surface area contributed by atoms with Gasteiger partial charge in [-0.3, -0.25) is 4.79 Å². The first kappa shape index (κ1) is 11.0. The summed E-state index contributed by atoms with van der Waals surface area (Å²) >= 11 is 0. The SMILES string of the molecule is CC(=O)N1CCC(c2ccc(O)cc2)CC1. The van der Waals surface area contributed by atoms with Crippen molar-refractivity contribution in [3.8, 4) is 5.75 Å². The van der Waals surface area contributed by atoms with Crippen LogP contribution in [0.2, 0.25) is 0 Å². The summed E-state index contributed by atoms with van der Waals surface area (Å²) in [6, 6.07) is 7.41. The number of piperidine rings is 1. The Hall–Kier alpha value is -1.51. The second-order valence-electron chi connectivity index (χ2n) is 4.37. The predicted molar refractivity (Wildman–Crippen MR) is 62.3 cm³/mol. The van der Waals surface area contributed by atoms with Gasteiger partial charge in [-0.25, -0.2) is 0 Å². The molecule has 86 valence electrons. The van der Waals surface area contributed by atoms with Crippen molar-refractivity contribution in [1.29, 1.82) is 0 Å². The van der Waals surface area contributed by atoms with Crippen LogP contribution in [0, 0.1) is 0 Å². The maximum atomic E-state index is 11.2. The van der Waals surface area contributed by atoms with Crippen molar-refractivity contribution in [2.24, 2.45) is 0 Å². The number of benzene rings is 1. The van der Waals surface area contributed by atoms with Gasteiger partial charge in [-0.1, -0.05) is 12.1 Å². The van der Waals surface area contributed by atoms with E-state index >= 15 is 0 Å². The number of aromatic hydroxyl groups is 1. The fraction of sp³-hybridized carbons (Fsp3) is 0.462. The fourth-order valence-electron chi connectivity index (χ4n) is 2.27. The van der Waals surface area contributed by atoms with E-state index in [4.69, 9.17) is 0 Å². The Bertz CT molecular complexity index is 364. The van der Waals surface area contributed by atoms with Gasteiger partial charge in [0.1, 0.15) is 5.75 Å². The molecule has 1 saturated heterocycles. The number of phenolic OH excluding ortho intramolecular Hbond substituents is 1. The quantitative estimate of drug-likeness (QED) is 0.786. The molecule has 1 heterocycles. The number of carbonyl (C=O) groups excluding carboxylic acids is 1. The molecule has 1 aromatic rings. The number of carbonyl (C=O) groups is 1. The molecule has 0 bridgehead atoms. The van der Waals surface area contributed by atoms with Gasteiger partial charge in [-0.05, 0) is 36.5 Å². The number of likely N-dealkylation sites (tertiary alicyclic amines) is 1. The molecule has 1 N–H and O–H groups in total. The van der Waals surface area contributed by atoms with Crippen molar-refractivity contribution in [2.45, 2.75) is 25.7 Å². The first-order chi connectivity index (χ1) is 7.66. The second-order valence-corrected chi connectivity index (χ2v) is 4.37. The van der Waals surface area contributed by atoms with Gasteiger partial charge in [0.15, 0.2) is 0 Å². The molecule has 16 heavy (non-hydrogen) atoms. The van der Waals surface area contributed by atoms with Gasteiger partial charge in [0.25, 0.3) is 0 Å². The summed E-state index contributed by atoms with van der Waals surface area (Å²) in [5.41, 5.74) is 1.26. The molecule has 0 atom stereocenters. The first-order valence-electron chi connectivity index (χ1n) is 5.71. The van der Waals surface area contributed by atoms with E-state index in [2.05, 4.69) is 0 Å². The minimum Gasteiger partial charge on any atom is -0.508 e. The molecule has 2 rings (SSSR count). The molecule has 1 amide bonds. The summed E-state index contributed by atoms with van der Waals surface area (Å²) in [7, 11) is 0. The van der Waals surface area contributed by atoms with E-state index < -0.39 is 0 Å². The minimum absolute atomic E-state index is 0.171. The van der Waals surface area contributed by atoms with Gasteiger partial charge in [0.05, 0.1) is 0 Å². The number of phenols is 1. The van der Waals surface area contributed by atoms with Crippen LogP contribution in [-0.4, -0.2) is 29.0 Å². The van der Waals surface area contributed by atoms with Crippen LogP contribution in [-0.2, 0) is 4.79 Å². The lowest BCUT2D eigenvalue weighted by Crippen LogP contribution is -2.36. The molecule has 1 aliphatic heterocycles. The normalized spacial score (nSPS) is 17.4. The summed E-state index contributed by atoms with van der Waals surface area (Å²) in [4.78, 5) is 13.1. The van der Waals surface area contributed by atoms with Crippen LogP contribution >= 0.6 is 0 Å². The van der Waals surface area contributed by atoms with Crippen molar-refractivity contribution in [2.75, 3.05) is 13.1 Å². The molecule has 1 aliphatic rings. The van der Waals surface area contributed by atoms with Gasteiger partial charge in [-0.2, -0.15) is 0 Å². The fourth-order valence-corrected chi connectivity index (χ4v) is 2.27. The van der Waals surface area contributed by atoms with Crippen LogP contribution < -0.4 is 0 Å². The molecule has 3 nitrogen and oxygen atoms in total.